The number of aromatic nitrogens is 1. The highest BCUT2D eigenvalue weighted by Crippen LogP contribution is 2.17. The second-order valence-corrected chi connectivity index (χ2v) is 5.79. The van der Waals surface area contributed by atoms with Gasteiger partial charge in [0.1, 0.15) is 5.82 Å². The average Bonchev–Trinajstić information content (AvgIpc) is 2.44. The lowest BCUT2D eigenvalue weighted by Crippen LogP contribution is -2.43. The maximum Gasteiger partial charge on any atom is 0.303 e. The summed E-state index contributed by atoms with van der Waals surface area (Å²) in [5.41, 5.74) is 0.247. The molecule has 0 spiro atoms. The minimum atomic E-state index is -0.912. The zero-order valence-electron chi connectivity index (χ0n) is 12.4. The van der Waals surface area contributed by atoms with Crippen LogP contribution in [0, 0.1) is 5.82 Å². The summed E-state index contributed by atoms with van der Waals surface area (Å²) in [5.74, 6) is -1.67. The summed E-state index contributed by atoms with van der Waals surface area (Å²) in [6.07, 6.45) is 1.70. The van der Waals surface area contributed by atoms with Crippen molar-refractivity contribution >= 4 is 22.8 Å². The predicted octanol–water partition coefficient (Wildman–Crippen LogP) is 2.75. The molecule has 0 unspecified atom stereocenters. The van der Waals surface area contributed by atoms with Gasteiger partial charge < -0.3 is 10.4 Å². The summed E-state index contributed by atoms with van der Waals surface area (Å²) in [5, 5.41) is 12.0. The Morgan fingerprint density at radius 1 is 1.32 bits per heavy atom. The van der Waals surface area contributed by atoms with E-state index in [9.17, 15) is 14.0 Å². The summed E-state index contributed by atoms with van der Waals surface area (Å²) in [6, 6.07) is 5.73. The third-order valence-electron chi connectivity index (χ3n) is 3.32. The molecule has 22 heavy (non-hydrogen) atoms. The van der Waals surface area contributed by atoms with E-state index < -0.39 is 17.3 Å². The Morgan fingerprint density at radius 3 is 2.73 bits per heavy atom. The molecule has 0 radical (unpaired) electrons. The van der Waals surface area contributed by atoms with Crippen LogP contribution in [0.5, 0.6) is 0 Å². The van der Waals surface area contributed by atoms with E-state index in [-0.39, 0.29) is 12.3 Å². The van der Waals surface area contributed by atoms with Gasteiger partial charge in [0.2, 0.25) is 0 Å². The molecule has 0 fully saturated rings. The number of hydrogen-bond donors (Lipinski definition) is 2. The number of halogens is 1. The SMILES string of the molecule is CC(C)(CCC(=O)O)NC(=O)c1cnc2ccc(F)cc2c1. The standard InChI is InChI=1S/C16H17FN2O3/c1-16(2,6-5-14(20)21)19-15(22)11-7-10-8-12(17)3-4-13(10)18-9-11/h3-4,7-9H,5-6H2,1-2H3,(H,19,22)(H,20,21). The van der Waals surface area contributed by atoms with Gasteiger partial charge in [0, 0.05) is 23.5 Å². The lowest BCUT2D eigenvalue weighted by molar-refractivity contribution is -0.137. The van der Waals surface area contributed by atoms with E-state index in [1.807, 2.05) is 0 Å². The van der Waals surface area contributed by atoms with Crippen LogP contribution in [0.15, 0.2) is 30.5 Å². The molecule has 1 aromatic heterocycles. The lowest BCUT2D eigenvalue weighted by atomic mass is 9.98. The van der Waals surface area contributed by atoms with Crippen molar-refractivity contribution in [2.75, 3.05) is 0 Å². The predicted molar refractivity (Wildman–Crippen MR) is 80.1 cm³/mol. The summed E-state index contributed by atoms with van der Waals surface area (Å²) in [7, 11) is 0. The molecular weight excluding hydrogens is 287 g/mol. The lowest BCUT2D eigenvalue weighted by Gasteiger charge is -2.25. The largest absolute Gasteiger partial charge is 0.481 e. The summed E-state index contributed by atoms with van der Waals surface area (Å²) >= 11 is 0. The number of hydrogen-bond acceptors (Lipinski definition) is 3. The van der Waals surface area contributed by atoms with E-state index in [1.165, 1.54) is 18.3 Å². The van der Waals surface area contributed by atoms with Crippen LogP contribution < -0.4 is 5.32 Å². The Labute approximate surface area is 127 Å². The Balaban J connectivity index is 2.17. The number of nitrogens with zero attached hydrogens (tertiary/aromatic N) is 1. The molecule has 116 valence electrons. The zero-order valence-corrected chi connectivity index (χ0v) is 12.4. The number of carboxylic acids is 1. The molecule has 0 aliphatic rings. The van der Waals surface area contributed by atoms with Crippen molar-refractivity contribution in [3.05, 3.63) is 41.8 Å². The first-order valence-electron chi connectivity index (χ1n) is 6.86. The molecule has 1 aromatic carbocycles. The Kier molecular flexibility index (Phi) is 4.40. The number of carbonyl (C=O) groups excluding carboxylic acids is 1. The van der Waals surface area contributed by atoms with Crippen molar-refractivity contribution in [3.8, 4) is 0 Å². The molecule has 1 heterocycles. The van der Waals surface area contributed by atoms with Gasteiger partial charge >= 0.3 is 5.97 Å². The van der Waals surface area contributed by atoms with Gasteiger partial charge in [0.05, 0.1) is 11.1 Å². The smallest absolute Gasteiger partial charge is 0.303 e. The maximum absolute atomic E-state index is 13.2. The van der Waals surface area contributed by atoms with E-state index in [4.69, 9.17) is 5.11 Å². The summed E-state index contributed by atoms with van der Waals surface area (Å²) < 4.78 is 13.2. The van der Waals surface area contributed by atoms with Crippen LogP contribution in [0.4, 0.5) is 4.39 Å². The van der Waals surface area contributed by atoms with Gasteiger partial charge in [-0.3, -0.25) is 14.6 Å². The van der Waals surface area contributed by atoms with Gasteiger partial charge in [-0.25, -0.2) is 4.39 Å². The van der Waals surface area contributed by atoms with E-state index in [2.05, 4.69) is 10.3 Å². The zero-order chi connectivity index (χ0) is 16.3. The van der Waals surface area contributed by atoms with Crippen molar-refractivity contribution in [3.63, 3.8) is 0 Å². The molecule has 0 atom stereocenters. The molecule has 2 rings (SSSR count). The quantitative estimate of drug-likeness (QED) is 0.890. The molecule has 1 amide bonds. The van der Waals surface area contributed by atoms with E-state index in [0.29, 0.717) is 22.9 Å². The van der Waals surface area contributed by atoms with Gasteiger partial charge in [-0.1, -0.05) is 0 Å². The number of amides is 1. The number of rotatable bonds is 5. The molecular formula is C16H17FN2O3. The van der Waals surface area contributed by atoms with Gasteiger partial charge in [-0.2, -0.15) is 0 Å². The summed E-state index contributed by atoms with van der Waals surface area (Å²) in [4.78, 5) is 27.0. The Bertz CT molecular complexity index is 728. The van der Waals surface area contributed by atoms with E-state index >= 15 is 0 Å². The van der Waals surface area contributed by atoms with Crippen LogP contribution >= 0.6 is 0 Å². The van der Waals surface area contributed by atoms with E-state index in [0.717, 1.165) is 0 Å². The molecule has 2 N–H and O–H groups in total. The molecule has 0 bridgehead atoms. The van der Waals surface area contributed by atoms with Crippen molar-refractivity contribution in [2.24, 2.45) is 0 Å². The van der Waals surface area contributed by atoms with Crippen molar-refractivity contribution < 1.29 is 19.1 Å². The number of aliphatic carboxylic acids is 1. The average molecular weight is 304 g/mol. The van der Waals surface area contributed by atoms with Crippen LogP contribution in [-0.4, -0.2) is 27.5 Å². The normalized spacial score (nSPS) is 11.4. The van der Waals surface area contributed by atoms with Gasteiger partial charge in [-0.15, -0.1) is 0 Å². The molecule has 0 aliphatic heterocycles. The number of fused-ring (bicyclic) bond motifs is 1. The Hall–Kier alpha value is -2.50. The second kappa shape index (κ2) is 6.09. The molecule has 2 aromatic rings. The number of carboxylic acid groups (broad SMARTS) is 1. The molecule has 5 nitrogen and oxygen atoms in total. The van der Waals surface area contributed by atoms with Crippen molar-refractivity contribution in [2.45, 2.75) is 32.2 Å². The van der Waals surface area contributed by atoms with Gasteiger partial charge in [0.15, 0.2) is 0 Å². The van der Waals surface area contributed by atoms with Crippen LogP contribution in [0.2, 0.25) is 0 Å². The summed E-state index contributed by atoms with van der Waals surface area (Å²) in [6.45, 7) is 3.50. The first kappa shape index (κ1) is 15.9. The van der Waals surface area contributed by atoms with Gasteiger partial charge in [0.25, 0.3) is 5.91 Å². The van der Waals surface area contributed by atoms with Crippen LogP contribution in [-0.2, 0) is 4.79 Å². The minimum Gasteiger partial charge on any atom is -0.481 e. The fourth-order valence-corrected chi connectivity index (χ4v) is 2.09. The second-order valence-electron chi connectivity index (χ2n) is 5.79. The fraction of sp³-hybridized carbons (Fsp3) is 0.312. The number of benzene rings is 1. The third kappa shape index (κ3) is 4.00. The monoisotopic (exact) mass is 304 g/mol. The first-order chi connectivity index (χ1) is 10.3. The fourth-order valence-electron chi connectivity index (χ4n) is 2.09. The maximum atomic E-state index is 13.2. The van der Waals surface area contributed by atoms with Crippen molar-refractivity contribution in [1.29, 1.82) is 0 Å². The third-order valence-corrected chi connectivity index (χ3v) is 3.32. The van der Waals surface area contributed by atoms with Crippen LogP contribution in [0.25, 0.3) is 10.9 Å². The molecule has 0 aliphatic carbocycles. The Morgan fingerprint density at radius 2 is 2.05 bits per heavy atom. The highest BCUT2D eigenvalue weighted by atomic mass is 19.1. The molecule has 0 saturated carbocycles. The number of carbonyl (C=O) groups is 2. The number of pyridine rings is 1. The highest BCUT2D eigenvalue weighted by Gasteiger charge is 2.22. The molecule has 0 saturated heterocycles. The topological polar surface area (TPSA) is 79.3 Å². The van der Waals surface area contributed by atoms with E-state index in [1.54, 1.807) is 26.0 Å². The van der Waals surface area contributed by atoms with Crippen molar-refractivity contribution in [1.82, 2.24) is 10.3 Å². The van der Waals surface area contributed by atoms with Gasteiger partial charge in [-0.05, 0) is 44.5 Å². The highest BCUT2D eigenvalue weighted by molar-refractivity contribution is 5.97. The van der Waals surface area contributed by atoms with Crippen LogP contribution in [0.3, 0.4) is 0 Å². The first-order valence-corrected chi connectivity index (χ1v) is 6.86. The molecule has 6 heteroatoms. The number of nitrogens with one attached hydrogen (secondary N) is 1. The van der Waals surface area contributed by atoms with Crippen LogP contribution in [0.1, 0.15) is 37.0 Å². The minimum absolute atomic E-state index is 0.0333.